The van der Waals surface area contributed by atoms with Crippen molar-refractivity contribution in [1.82, 2.24) is 0 Å². The van der Waals surface area contributed by atoms with E-state index in [-0.39, 0.29) is 13.2 Å². The van der Waals surface area contributed by atoms with Crippen molar-refractivity contribution < 1.29 is 19.9 Å². The van der Waals surface area contributed by atoms with E-state index in [0.29, 0.717) is 26.1 Å². The number of nitrogens with two attached hydrogens (primary N) is 2. The molecule has 6 nitrogen and oxygen atoms in total. The van der Waals surface area contributed by atoms with Crippen molar-refractivity contribution in [3.8, 4) is 0 Å². The maximum absolute atomic E-state index is 8.06. The lowest BCUT2D eigenvalue weighted by molar-refractivity contribution is 0.118. The van der Waals surface area contributed by atoms with Crippen molar-refractivity contribution in [3.05, 3.63) is 0 Å². The molecule has 0 bridgehead atoms. The average Bonchev–Trinajstić information content (AvgIpc) is 2.12. The topological polar surface area (TPSA) is 111 Å². The zero-order chi connectivity index (χ0) is 9.66. The Morgan fingerprint density at radius 3 is 1.25 bits per heavy atom. The minimum atomic E-state index is 0.150. The van der Waals surface area contributed by atoms with Gasteiger partial charge in [0.15, 0.2) is 0 Å². The van der Waals surface area contributed by atoms with Gasteiger partial charge in [-0.25, -0.2) is 11.8 Å². The summed E-state index contributed by atoms with van der Waals surface area (Å²) in [5.41, 5.74) is 0. The minimum absolute atomic E-state index is 0.150. The van der Waals surface area contributed by atoms with Gasteiger partial charge in [-0.2, -0.15) is 0 Å². The van der Waals surface area contributed by atoms with Crippen LogP contribution in [0, 0.1) is 0 Å². The highest BCUT2D eigenvalue weighted by molar-refractivity contribution is 4.25. The molecule has 0 heterocycles. The smallest absolute Gasteiger partial charge is 0.0701 e. The van der Waals surface area contributed by atoms with E-state index in [4.69, 9.17) is 10.2 Å². The van der Waals surface area contributed by atoms with Gasteiger partial charge in [-0.3, -0.25) is 0 Å². The summed E-state index contributed by atoms with van der Waals surface area (Å²) in [4.78, 5) is 8.24. The molecule has 6 heteroatoms. The number of aliphatic hydroxyl groups is 2. The van der Waals surface area contributed by atoms with Crippen molar-refractivity contribution in [1.29, 1.82) is 0 Å². The molecule has 0 aliphatic heterocycles. The Labute approximate surface area is 72.0 Å². The van der Waals surface area contributed by atoms with Crippen LogP contribution in [0.3, 0.4) is 0 Å². The van der Waals surface area contributed by atoms with Crippen molar-refractivity contribution in [2.24, 2.45) is 11.8 Å². The molecule has 0 aromatic rings. The van der Waals surface area contributed by atoms with Gasteiger partial charge in [-0.15, -0.1) is 0 Å². The molecule has 0 amide bonds. The van der Waals surface area contributed by atoms with Crippen LogP contribution in [0.2, 0.25) is 0 Å². The van der Waals surface area contributed by atoms with Crippen LogP contribution in [-0.2, 0) is 9.68 Å². The third-order valence-electron chi connectivity index (χ3n) is 0.841. The van der Waals surface area contributed by atoms with Crippen LogP contribution in [0.15, 0.2) is 0 Å². The Morgan fingerprint density at radius 2 is 1.17 bits per heavy atom. The monoisotopic (exact) mass is 182 g/mol. The lowest BCUT2D eigenvalue weighted by atomic mass is 10.5. The number of rotatable bonds is 6. The van der Waals surface area contributed by atoms with Gasteiger partial charge in [0.2, 0.25) is 0 Å². The Kier molecular flexibility index (Phi) is 20.3. The molecule has 0 atom stereocenters. The summed E-state index contributed by atoms with van der Waals surface area (Å²) in [6.07, 6.45) is 1.24. The number of hydrogen-bond acceptors (Lipinski definition) is 6. The van der Waals surface area contributed by atoms with E-state index < -0.39 is 0 Å². The van der Waals surface area contributed by atoms with Gasteiger partial charge in [-0.05, 0) is 12.8 Å². The van der Waals surface area contributed by atoms with Crippen molar-refractivity contribution in [2.45, 2.75) is 12.8 Å². The molecule has 12 heavy (non-hydrogen) atoms. The number of aliphatic hydroxyl groups excluding tert-OH is 2. The molecule has 0 radical (unpaired) electrons. The third kappa shape index (κ3) is 22.6. The van der Waals surface area contributed by atoms with E-state index in [9.17, 15) is 0 Å². The second kappa shape index (κ2) is 17.0. The van der Waals surface area contributed by atoms with Crippen molar-refractivity contribution >= 4 is 0 Å². The maximum Gasteiger partial charge on any atom is 0.0701 e. The highest BCUT2D eigenvalue weighted by Crippen LogP contribution is 1.71. The average molecular weight is 182 g/mol. The van der Waals surface area contributed by atoms with Crippen LogP contribution < -0.4 is 11.8 Å². The van der Waals surface area contributed by atoms with E-state index in [1.165, 1.54) is 0 Å². The normalized spacial score (nSPS) is 9.00. The van der Waals surface area contributed by atoms with E-state index in [2.05, 4.69) is 21.5 Å². The van der Waals surface area contributed by atoms with Crippen LogP contribution in [0.5, 0.6) is 0 Å². The van der Waals surface area contributed by atoms with Gasteiger partial charge in [0, 0.05) is 13.2 Å². The molecule has 0 aliphatic rings. The summed E-state index contributed by atoms with van der Waals surface area (Å²) in [5.74, 6) is 9.21. The molecular weight excluding hydrogens is 164 g/mol. The summed E-state index contributed by atoms with van der Waals surface area (Å²) in [5, 5.41) is 16.1. The van der Waals surface area contributed by atoms with Gasteiger partial charge in [0.25, 0.3) is 0 Å². The zero-order valence-corrected chi connectivity index (χ0v) is 7.11. The molecular formula is C6H18N2O4. The lowest BCUT2D eigenvalue weighted by Crippen LogP contribution is -2.01. The molecule has 0 saturated heterocycles. The van der Waals surface area contributed by atoms with E-state index in [0.717, 1.165) is 0 Å². The van der Waals surface area contributed by atoms with Crippen molar-refractivity contribution in [2.75, 3.05) is 26.4 Å². The van der Waals surface area contributed by atoms with Crippen LogP contribution >= 0.6 is 0 Å². The number of hydrogen-bond donors (Lipinski definition) is 4. The van der Waals surface area contributed by atoms with Gasteiger partial charge in [0.1, 0.15) is 0 Å². The standard InChI is InChI=1S/2C3H9NO2/c2*4-6-3-1-2-5/h2*5H,1-4H2. The lowest BCUT2D eigenvalue weighted by Gasteiger charge is -1.88. The SMILES string of the molecule is NOCCCO.NOCCCO. The highest BCUT2D eigenvalue weighted by Gasteiger charge is 1.76. The summed E-state index contributed by atoms with van der Waals surface area (Å²) in [6.45, 7) is 1.18. The minimum Gasteiger partial charge on any atom is -0.396 e. The third-order valence-corrected chi connectivity index (χ3v) is 0.841. The van der Waals surface area contributed by atoms with E-state index >= 15 is 0 Å². The fraction of sp³-hybridized carbons (Fsp3) is 1.00. The summed E-state index contributed by atoms with van der Waals surface area (Å²) >= 11 is 0. The zero-order valence-electron chi connectivity index (χ0n) is 7.11. The van der Waals surface area contributed by atoms with Gasteiger partial charge >= 0.3 is 0 Å². The molecule has 0 unspecified atom stereocenters. The summed E-state index contributed by atoms with van der Waals surface area (Å²) in [7, 11) is 0. The van der Waals surface area contributed by atoms with E-state index in [1.54, 1.807) is 0 Å². The Hall–Kier alpha value is -0.240. The second-order valence-electron chi connectivity index (χ2n) is 1.90. The fourth-order valence-electron chi connectivity index (χ4n) is 0.296. The first-order valence-corrected chi connectivity index (χ1v) is 3.68. The first kappa shape index (κ1) is 14.3. The van der Waals surface area contributed by atoms with E-state index in [1.807, 2.05) is 0 Å². The highest BCUT2D eigenvalue weighted by atomic mass is 16.6. The molecule has 6 N–H and O–H groups in total. The predicted molar refractivity (Wildman–Crippen MR) is 43.7 cm³/mol. The van der Waals surface area contributed by atoms with Crippen LogP contribution in [-0.4, -0.2) is 36.6 Å². The van der Waals surface area contributed by atoms with Gasteiger partial charge in [0.05, 0.1) is 13.2 Å². The predicted octanol–water partition coefficient (Wildman–Crippen LogP) is -1.48. The maximum atomic E-state index is 8.06. The molecule has 0 rings (SSSR count). The second-order valence-corrected chi connectivity index (χ2v) is 1.90. The van der Waals surface area contributed by atoms with Crippen molar-refractivity contribution in [3.63, 3.8) is 0 Å². The Balaban J connectivity index is 0. The summed E-state index contributed by atoms with van der Waals surface area (Å²) < 4.78 is 0. The molecule has 0 aromatic carbocycles. The molecule has 0 aliphatic carbocycles. The van der Waals surface area contributed by atoms with Gasteiger partial charge < -0.3 is 19.9 Å². The molecule has 0 fully saturated rings. The first-order chi connectivity index (χ1) is 5.83. The quantitative estimate of drug-likeness (QED) is 0.294. The first-order valence-electron chi connectivity index (χ1n) is 3.68. The fourth-order valence-corrected chi connectivity index (χ4v) is 0.296. The largest absolute Gasteiger partial charge is 0.396 e. The molecule has 0 saturated carbocycles. The Bertz CT molecular complexity index is 49.5. The summed E-state index contributed by atoms with van der Waals surface area (Å²) in [6, 6.07) is 0. The Morgan fingerprint density at radius 1 is 0.833 bits per heavy atom. The molecule has 0 aromatic heterocycles. The van der Waals surface area contributed by atoms with Gasteiger partial charge in [-0.1, -0.05) is 0 Å². The van der Waals surface area contributed by atoms with Crippen LogP contribution in [0.4, 0.5) is 0 Å². The van der Waals surface area contributed by atoms with Crippen LogP contribution in [0.1, 0.15) is 12.8 Å². The molecule has 0 spiro atoms. The molecule has 76 valence electrons. The van der Waals surface area contributed by atoms with Crippen LogP contribution in [0.25, 0.3) is 0 Å².